The monoisotopic (exact) mass is 434 g/mol. The molecule has 1 aliphatic heterocycles. The van der Waals surface area contributed by atoms with Crippen molar-refractivity contribution in [3.05, 3.63) is 108 Å². The molecule has 1 saturated heterocycles. The van der Waals surface area contributed by atoms with Crippen LogP contribution < -0.4 is 0 Å². The second kappa shape index (κ2) is 9.94. The van der Waals surface area contributed by atoms with Crippen LogP contribution in [0.15, 0.2) is 91.0 Å². The largest absolute Gasteiger partial charge is 0.383 e. The zero-order valence-corrected chi connectivity index (χ0v) is 18.3. The maximum Gasteiger partial charge on any atom is 0.189 e. The number of benzene rings is 3. The van der Waals surface area contributed by atoms with E-state index in [-0.39, 0.29) is 19.4 Å². The zero-order chi connectivity index (χ0) is 22.4. The van der Waals surface area contributed by atoms with Gasteiger partial charge in [0.15, 0.2) is 11.9 Å². The molecule has 2 N–H and O–H groups in total. The van der Waals surface area contributed by atoms with Gasteiger partial charge in [-0.2, -0.15) is 0 Å². The molecule has 0 bridgehead atoms. The molecule has 3 aromatic carbocycles. The molecule has 1 heterocycles. The lowest BCUT2D eigenvalue weighted by molar-refractivity contribution is -0.205. The van der Waals surface area contributed by atoms with E-state index in [1.807, 2.05) is 91.0 Å². The third kappa shape index (κ3) is 4.63. The van der Waals surface area contributed by atoms with E-state index >= 15 is 0 Å². The van der Waals surface area contributed by atoms with E-state index in [1.54, 1.807) is 0 Å². The summed E-state index contributed by atoms with van der Waals surface area (Å²) in [6.45, 7) is 0.506. The van der Waals surface area contributed by atoms with Crippen LogP contribution >= 0.6 is 0 Å². The molecule has 0 aromatic heterocycles. The molecule has 0 saturated carbocycles. The summed E-state index contributed by atoms with van der Waals surface area (Å²) in [7, 11) is 1.48. The van der Waals surface area contributed by atoms with Gasteiger partial charge in [0.25, 0.3) is 0 Å². The predicted octanol–water partition coefficient (Wildman–Crippen LogP) is 3.52. The Hall–Kier alpha value is -2.54. The van der Waals surface area contributed by atoms with Crippen LogP contribution in [0.25, 0.3) is 0 Å². The van der Waals surface area contributed by atoms with Gasteiger partial charge in [0.1, 0.15) is 11.7 Å². The van der Waals surface area contributed by atoms with Gasteiger partial charge in [0, 0.05) is 20.0 Å². The predicted molar refractivity (Wildman–Crippen MR) is 122 cm³/mol. The third-order valence-corrected chi connectivity index (χ3v) is 6.19. The van der Waals surface area contributed by atoms with E-state index in [0.717, 1.165) is 16.7 Å². The van der Waals surface area contributed by atoms with Crippen LogP contribution in [0.1, 0.15) is 16.7 Å². The fraction of sp³-hybridized carbons (Fsp3) is 0.333. The first-order valence-corrected chi connectivity index (χ1v) is 10.9. The van der Waals surface area contributed by atoms with Crippen LogP contribution in [0, 0.1) is 0 Å². The lowest BCUT2D eigenvalue weighted by Gasteiger charge is -2.41. The van der Waals surface area contributed by atoms with E-state index in [4.69, 9.17) is 14.2 Å². The Morgan fingerprint density at radius 3 is 1.69 bits per heavy atom. The topological polar surface area (TPSA) is 68.2 Å². The summed E-state index contributed by atoms with van der Waals surface area (Å²) in [6.07, 6.45) is -1.38. The Morgan fingerprint density at radius 1 is 0.719 bits per heavy atom. The van der Waals surface area contributed by atoms with Crippen molar-refractivity contribution in [2.45, 2.75) is 43.0 Å². The van der Waals surface area contributed by atoms with Crippen molar-refractivity contribution in [2.75, 3.05) is 13.7 Å². The van der Waals surface area contributed by atoms with Crippen molar-refractivity contribution < 1.29 is 24.4 Å². The Balaban J connectivity index is 1.61. The molecule has 5 nitrogen and oxygen atoms in total. The van der Waals surface area contributed by atoms with Crippen molar-refractivity contribution in [3.63, 3.8) is 0 Å². The van der Waals surface area contributed by atoms with E-state index in [1.165, 1.54) is 7.11 Å². The molecule has 1 aliphatic rings. The summed E-state index contributed by atoms with van der Waals surface area (Å²) < 4.78 is 17.5. The van der Waals surface area contributed by atoms with Crippen LogP contribution in [0.3, 0.4) is 0 Å². The lowest BCUT2D eigenvalue weighted by Crippen LogP contribution is -2.62. The second-order valence-corrected chi connectivity index (χ2v) is 8.37. The average Bonchev–Trinajstić information content (AvgIpc) is 3.02. The van der Waals surface area contributed by atoms with Crippen LogP contribution in [0.5, 0.6) is 0 Å². The molecule has 1 unspecified atom stereocenters. The fourth-order valence-corrected chi connectivity index (χ4v) is 4.46. The second-order valence-electron chi connectivity index (χ2n) is 8.37. The van der Waals surface area contributed by atoms with Gasteiger partial charge in [-0.15, -0.1) is 0 Å². The van der Waals surface area contributed by atoms with Crippen molar-refractivity contribution in [2.24, 2.45) is 0 Å². The van der Waals surface area contributed by atoms with Crippen LogP contribution in [0.2, 0.25) is 0 Å². The highest BCUT2D eigenvalue weighted by atomic mass is 16.7. The SMILES string of the molecule is COC1O[C@H](COCc2ccccc2)[C@@](O)(Cc2ccccc2)[C@]1(O)Cc1ccccc1. The number of ether oxygens (including phenoxy) is 3. The molecule has 168 valence electrons. The van der Waals surface area contributed by atoms with Crippen LogP contribution in [0.4, 0.5) is 0 Å². The molecule has 3 aromatic rings. The molecular formula is C27H30O5. The Kier molecular flexibility index (Phi) is 7.04. The lowest BCUT2D eigenvalue weighted by atomic mass is 9.73. The molecule has 5 heteroatoms. The Bertz CT molecular complexity index is 965. The number of methoxy groups -OCH3 is 1. The molecule has 0 radical (unpaired) electrons. The molecule has 0 spiro atoms. The maximum absolute atomic E-state index is 12.0. The van der Waals surface area contributed by atoms with Crippen molar-refractivity contribution in [3.8, 4) is 0 Å². The first-order chi connectivity index (χ1) is 15.5. The minimum atomic E-state index is -1.67. The number of hydrogen-bond donors (Lipinski definition) is 2. The van der Waals surface area contributed by atoms with Crippen molar-refractivity contribution in [1.82, 2.24) is 0 Å². The number of rotatable bonds is 9. The summed E-state index contributed by atoms with van der Waals surface area (Å²) in [5.74, 6) is 0. The highest BCUT2D eigenvalue weighted by Gasteiger charge is 2.65. The van der Waals surface area contributed by atoms with Crippen molar-refractivity contribution >= 4 is 0 Å². The number of hydrogen-bond acceptors (Lipinski definition) is 5. The maximum atomic E-state index is 12.0. The quantitative estimate of drug-likeness (QED) is 0.539. The number of aliphatic hydroxyl groups is 2. The average molecular weight is 435 g/mol. The van der Waals surface area contributed by atoms with Gasteiger partial charge in [-0.1, -0.05) is 91.0 Å². The molecule has 4 atom stereocenters. The molecule has 0 aliphatic carbocycles. The van der Waals surface area contributed by atoms with E-state index in [2.05, 4.69) is 0 Å². The van der Waals surface area contributed by atoms with Gasteiger partial charge in [-0.05, 0) is 16.7 Å². The van der Waals surface area contributed by atoms with Gasteiger partial charge >= 0.3 is 0 Å². The van der Waals surface area contributed by atoms with Gasteiger partial charge < -0.3 is 24.4 Å². The Labute approximate surface area is 189 Å². The summed E-state index contributed by atoms with van der Waals surface area (Å²) in [6, 6.07) is 29.0. The van der Waals surface area contributed by atoms with Gasteiger partial charge in [-0.25, -0.2) is 0 Å². The summed E-state index contributed by atoms with van der Waals surface area (Å²) in [5.41, 5.74) is -0.478. The van der Waals surface area contributed by atoms with Crippen molar-refractivity contribution in [1.29, 1.82) is 0 Å². The molecule has 4 rings (SSSR count). The molecule has 32 heavy (non-hydrogen) atoms. The Morgan fingerprint density at radius 2 is 1.19 bits per heavy atom. The fourth-order valence-electron chi connectivity index (χ4n) is 4.46. The molecule has 1 fully saturated rings. The third-order valence-electron chi connectivity index (χ3n) is 6.19. The standard InChI is InChI=1S/C27H30O5/c1-30-25-27(29,18-22-13-7-3-8-14-22)26(28,17-21-11-5-2-6-12-21)24(32-25)20-31-19-23-15-9-4-10-16-23/h2-16,24-25,28-29H,17-20H2,1H3/t24-,25?,26+,27+/m1/s1. The van der Waals surface area contributed by atoms with E-state index in [0.29, 0.717) is 6.61 Å². The summed E-state index contributed by atoms with van der Waals surface area (Å²) in [5, 5.41) is 24.0. The van der Waals surface area contributed by atoms with E-state index < -0.39 is 23.6 Å². The first kappa shape index (κ1) is 22.6. The van der Waals surface area contributed by atoms with Crippen LogP contribution in [-0.4, -0.2) is 47.5 Å². The van der Waals surface area contributed by atoms with Crippen LogP contribution in [-0.2, 0) is 33.7 Å². The van der Waals surface area contributed by atoms with Gasteiger partial charge in [0.05, 0.1) is 13.2 Å². The first-order valence-electron chi connectivity index (χ1n) is 10.9. The van der Waals surface area contributed by atoms with Gasteiger partial charge in [0.2, 0.25) is 0 Å². The van der Waals surface area contributed by atoms with Gasteiger partial charge in [-0.3, -0.25) is 0 Å². The highest BCUT2D eigenvalue weighted by Crippen LogP contribution is 2.45. The molecular weight excluding hydrogens is 404 g/mol. The summed E-state index contributed by atoms with van der Waals surface area (Å²) in [4.78, 5) is 0. The normalized spacial score (nSPS) is 27.5. The minimum Gasteiger partial charge on any atom is -0.383 e. The zero-order valence-electron chi connectivity index (χ0n) is 18.3. The highest BCUT2D eigenvalue weighted by molar-refractivity contribution is 5.27. The smallest absolute Gasteiger partial charge is 0.189 e. The molecule has 0 amide bonds. The minimum absolute atomic E-state index is 0.120. The van der Waals surface area contributed by atoms with E-state index in [9.17, 15) is 10.2 Å². The summed E-state index contributed by atoms with van der Waals surface area (Å²) >= 11 is 0.